The van der Waals surface area contributed by atoms with Gasteiger partial charge in [-0.1, -0.05) is 12.1 Å². The van der Waals surface area contributed by atoms with Gasteiger partial charge in [0.05, 0.1) is 13.0 Å². The predicted molar refractivity (Wildman–Crippen MR) is 76.2 cm³/mol. The lowest BCUT2D eigenvalue weighted by molar-refractivity contribution is -0.117. The fraction of sp³-hybridized carbons (Fsp3) is 0.462. The van der Waals surface area contributed by atoms with Crippen molar-refractivity contribution in [2.75, 3.05) is 25.6 Å². The lowest BCUT2D eigenvalue weighted by Gasteiger charge is -2.07. The molecule has 18 heavy (non-hydrogen) atoms. The van der Waals surface area contributed by atoms with Crippen molar-refractivity contribution in [1.82, 2.24) is 5.32 Å². The van der Waals surface area contributed by atoms with E-state index in [0.29, 0.717) is 19.6 Å². The summed E-state index contributed by atoms with van der Waals surface area (Å²) in [7, 11) is 1.90. The van der Waals surface area contributed by atoms with Crippen molar-refractivity contribution in [1.29, 1.82) is 0 Å². The molecule has 0 unspecified atom stereocenters. The zero-order valence-electron chi connectivity index (χ0n) is 10.9. The molecule has 0 spiro atoms. The Morgan fingerprint density at radius 3 is 2.83 bits per heavy atom. The molecule has 0 bridgehead atoms. The molecule has 1 aromatic rings. The van der Waals surface area contributed by atoms with E-state index in [4.69, 9.17) is 4.74 Å². The topological polar surface area (TPSA) is 50.4 Å². The molecule has 0 aromatic heterocycles. The number of amides is 1. The van der Waals surface area contributed by atoms with Crippen LogP contribution in [0.2, 0.25) is 0 Å². The molecule has 102 valence electrons. The van der Waals surface area contributed by atoms with Crippen LogP contribution in [-0.4, -0.2) is 26.2 Å². The van der Waals surface area contributed by atoms with E-state index in [0.717, 1.165) is 17.8 Å². The summed E-state index contributed by atoms with van der Waals surface area (Å²) in [5, 5.41) is 5.93. The van der Waals surface area contributed by atoms with E-state index in [9.17, 15) is 4.79 Å². The minimum absolute atomic E-state index is 0. The molecular weight excluding hydrogens is 252 g/mol. The van der Waals surface area contributed by atoms with E-state index in [1.807, 2.05) is 38.2 Å². The van der Waals surface area contributed by atoms with Gasteiger partial charge in [-0.3, -0.25) is 4.79 Å². The Kier molecular flexibility index (Phi) is 9.28. The molecule has 1 aromatic carbocycles. The van der Waals surface area contributed by atoms with E-state index in [1.54, 1.807) is 0 Å². The van der Waals surface area contributed by atoms with Gasteiger partial charge in [0.1, 0.15) is 0 Å². The molecule has 0 atom stereocenters. The van der Waals surface area contributed by atoms with E-state index in [-0.39, 0.29) is 18.3 Å². The number of halogens is 1. The summed E-state index contributed by atoms with van der Waals surface area (Å²) in [5.41, 5.74) is 1.98. The Bertz CT molecular complexity index is 359. The zero-order valence-corrected chi connectivity index (χ0v) is 11.7. The summed E-state index contributed by atoms with van der Waals surface area (Å²) >= 11 is 0. The Morgan fingerprint density at radius 2 is 2.17 bits per heavy atom. The molecule has 0 radical (unpaired) electrons. The fourth-order valence-electron chi connectivity index (χ4n) is 1.50. The molecule has 0 heterocycles. The third-order valence-corrected chi connectivity index (χ3v) is 2.27. The molecule has 0 saturated heterocycles. The summed E-state index contributed by atoms with van der Waals surface area (Å²) in [6.07, 6.45) is 0.393. The van der Waals surface area contributed by atoms with Crippen LogP contribution >= 0.6 is 12.4 Å². The Hall–Kier alpha value is -1.10. The molecule has 5 heteroatoms. The molecule has 0 fully saturated rings. The van der Waals surface area contributed by atoms with Gasteiger partial charge < -0.3 is 15.4 Å². The molecule has 0 saturated carbocycles. The second kappa shape index (κ2) is 9.88. The number of ether oxygens (including phenoxy) is 1. The van der Waals surface area contributed by atoms with Crippen molar-refractivity contribution in [3.63, 3.8) is 0 Å². The molecule has 1 rings (SSSR count). The monoisotopic (exact) mass is 272 g/mol. The molecular formula is C13H21ClN2O2. The summed E-state index contributed by atoms with van der Waals surface area (Å²) in [5.74, 6) is -0.0138. The van der Waals surface area contributed by atoms with Gasteiger partial charge in [-0.2, -0.15) is 0 Å². The molecule has 4 nitrogen and oxygen atoms in total. The maximum atomic E-state index is 11.5. The second-order valence-electron chi connectivity index (χ2n) is 3.73. The lowest BCUT2D eigenvalue weighted by Crippen LogP contribution is -2.14. The van der Waals surface area contributed by atoms with Crippen LogP contribution in [-0.2, 0) is 16.1 Å². The number of hydrogen-bond donors (Lipinski definition) is 2. The first-order valence-electron chi connectivity index (χ1n) is 5.87. The van der Waals surface area contributed by atoms with Crippen molar-refractivity contribution < 1.29 is 9.53 Å². The van der Waals surface area contributed by atoms with Crippen LogP contribution in [0.25, 0.3) is 0 Å². The highest BCUT2D eigenvalue weighted by Gasteiger charge is 2.02. The molecule has 0 aliphatic rings. The van der Waals surface area contributed by atoms with E-state index < -0.39 is 0 Å². The summed E-state index contributed by atoms with van der Waals surface area (Å²) in [6.45, 7) is 3.82. The first-order chi connectivity index (χ1) is 8.26. The minimum Gasteiger partial charge on any atom is -0.381 e. The Labute approximate surface area is 115 Å². The highest BCUT2D eigenvalue weighted by atomic mass is 35.5. The zero-order chi connectivity index (χ0) is 12.5. The van der Waals surface area contributed by atoms with Crippen LogP contribution in [0.3, 0.4) is 0 Å². The molecule has 1 amide bonds. The minimum atomic E-state index is -0.0138. The largest absolute Gasteiger partial charge is 0.381 e. The van der Waals surface area contributed by atoms with E-state index >= 15 is 0 Å². The van der Waals surface area contributed by atoms with Gasteiger partial charge >= 0.3 is 0 Å². The first kappa shape index (κ1) is 16.9. The van der Waals surface area contributed by atoms with Crippen molar-refractivity contribution >= 4 is 24.0 Å². The molecule has 0 aliphatic carbocycles. The van der Waals surface area contributed by atoms with Crippen LogP contribution in [0, 0.1) is 0 Å². The highest BCUT2D eigenvalue weighted by Crippen LogP contribution is 2.10. The summed E-state index contributed by atoms with van der Waals surface area (Å²) < 4.78 is 5.13. The maximum Gasteiger partial charge on any atom is 0.226 e. The van der Waals surface area contributed by atoms with Crippen LogP contribution in [0.15, 0.2) is 24.3 Å². The molecule has 0 aliphatic heterocycles. The smallest absolute Gasteiger partial charge is 0.226 e. The number of rotatable bonds is 7. The summed E-state index contributed by atoms with van der Waals surface area (Å²) in [4.78, 5) is 11.5. The number of benzene rings is 1. The first-order valence-corrected chi connectivity index (χ1v) is 5.87. The van der Waals surface area contributed by atoms with Crippen LogP contribution < -0.4 is 10.6 Å². The van der Waals surface area contributed by atoms with Gasteiger partial charge in [-0.15, -0.1) is 12.4 Å². The number of carbonyl (C=O) groups is 1. The summed E-state index contributed by atoms with van der Waals surface area (Å²) in [6, 6.07) is 7.81. The van der Waals surface area contributed by atoms with Gasteiger partial charge in [-0.25, -0.2) is 0 Å². The predicted octanol–water partition coefficient (Wildman–Crippen LogP) is 2.19. The van der Waals surface area contributed by atoms with E-state index in [1.165, 1.54) is 0 Å². The maximum absolute atomic E-state index is 11.5. The number of hydrogen-bond acceptors (Lipinski definition) is 3. The van der Waals surface area contributed by atoms with Gasteiger partial charge in [0, 0.05) is 18.8 Å². The van der Waals surface area contributed by atoms with Gasteiger partial charge in [0.2, 0.25) is 5.91 Å². The SMILES string of the molecule is CCOCCC(=O)Nc1cccc(CNC)c1.Cl. The number of carbonyl (C=O) groups excluding carboxylic acids is 1. The Balaban J connectivity index is 0.00000289. The average molecular weight is 273 g/mol. The third kappa shape index (κ3) is 6.59. The van der Waals surface area contributed by atoms with Crippen molar-refractivity contribution in [2.24, 2.45) is 0 Å². The number of nitrogens with one attached hydrogen (secondary N) is 2. The van der Waals surface area contributed by atoms with Crippen LogP contribution in [0.1, 0.15) is 18.9 Å². The van der Waals surface area contributed by atoms with Crippen molar-refractivity contribution in [3.05, 3.63) is 29.8 Å². The quantitative estimate of drug-likeness (QED) is 0.748. The Morgan fingerprint density at radius 1 is 1.39 bits per heavy atom. The van der Waals surface area contributed by atoms with E-state index in [2.05, 4.69) is 10.6 Å². The molecule has 2 N–H and O–H groups in total. The lowest BCUT2D eigenvalue weighted by atomic mass is 10.2. The normalized spacial score (nSPS) is 9.67. The third-order valence-electron chi connectivity index (χ3n) is 2.27. The van der Waals surface area contributed by atoms with Gasteiger partial charge in [0.25, 0.3) is 0 Å². The van der Waals surface area contributed by atoms with Crippen LogP contribution in [0.5, 0.6) is 0 Å². The number of anilines is 1. The van der Waals surface area contributed by atoms with Crippen molar-refractivity contribution in [2.45, 2.75) is 19.9 Å². The van der Waals surface area contributed by atoms with Crippen molar-refractivity contribution in [3.8, 4) is 0 Å². The average Bonchev–Trinajstić information content (AvgIpc) is 2.30. The van der Waals surface area contributed by atoms with Gasteiger partial charge in [0.15, 0.2) is 0 Å². The van der Waals surface area contributed by atoms with Gasteiger partial charge in [-0.05, 0) is 31.7 Å². The van der Waals surface area contributed by atoms with Crippen LogP contribution in [0.4, 0.5) is 5.69 Å². The standard InChI is InChI=1S/C13H20N2O2.ClH/c1-3-17-8-7-13(16)15-12-6-4-5-11(9-12)10-14-2;/h4-6,9,14H,3,7-8,10H2,1-2H3,(H,15,16);1H. The fourth-order valence-corrected chi connectivity index (χ4v) is 1.50. The second-order valence-corrected chi connectivity index (χ2v) is 3.73. The highest BCUT2D eigenvalue weighted by molar-refractivity contribution is 5.90.